The van der Waals surface area contributed by atoms with E-state index < -0.39 is 26.7 Å². The number of aryl methyl sites for hydroxylation is 1. The molecule has 0 aliphatic heterocycles. The van der Waals surface area contributed by atoms with Gasteiger partial charge in [0.05, 0.1) is 31.9 Å². The Bertz CT molecular complexity index is 1410. The summed E-state index contributed by atoms with van der Waals surface area (Å²) in [7, 11) is -0.763. The summed E-state index contributed by atoms with van der Waals surface area (Å²) in [5.41, 5.74) is 0.436. The van der Waals surface area contributed by atoms with Gasteiger partial charge in [0, 0.05) is 6.42 Å². The van der Waals surface area contributed by atoms with E-state index in [0.717, 1.165) is 12.4 Å². The highest BCUT2D eigenvalue weighted by molar-refractivity contribution is 7.91. The summed E-state index contributed by atoms with van der Waals surface area (Å²) in [5, 5.41) is 7.57. The fraction of sp³-hybridized carbons (Fsp3) is 0.304. The minimum Gasteiger partial charge on any atom is -0.494 e. The molecule has 35 heavy (non-hydrogen) atoms. The molecule has 12 heteroatoms. The number of nitrogens with zero attached hydrogens (tertiary/aromatic N) is 5. The summed E-state index contributed by atoms with van der Waals surface area (Å²) in [6.07, 6.45) is 2.02. The normalized spacial score (nSPS) is 12.5. The Hall–Kier alpha value is -3.80. The van der Waals surface area contributed by atoms with Crippen molar-refractivity contribution in [3.63, 3.8) is 0 Å². The molecular formula is C23H24FN5O5S. The lowest BCUT2D eigenvalue weighted by molar-refractivity contribution is 0.390. The van der Waals surface area contributed by atoms with E-state index in [1.807, 2.05) is 0 Å². The largest absolute Gasteiger partial charge is 0.494 e. The Morgan fingerprint density at radius 1 is 1.06 bits per heavy atom. The van der Waals surface area contributed by atoms with Crippen molar-refractivity contribution < 1.29 is 26.7 Å². The van der Waals surface area contributed by atoms with Gasteiger partial charge in [0.2, 0.25) is 5.82 Å². The van der Waals surface area contributed by atoms with Crippen LogP contribution in [0.4, 0.5) is 4.39 Å². The number of rotatable bonds is 9. The van der Waals surface area contributed by atoms with E-state index in [4.69, 9.17) is 13.9 Å². The number of aromatic nitrogens is 5. The lowest BCUT2D eigenvalue weighted by Gasteiger charge is -2.17. The van der Waals surface area contributed by atoms with E-state index in [0.29, 0.717) is 34.5 Å². The smallest absolute Gasteiger partial charge is 0.204 e. The lowest BCUT2D eigenvalue weighted by atomic mass is 10.2. The molecule has 0 aliphatic carbocycles. The predicted octanol–water partition coefficient (Wildman–Crippen LogP) is 3.33. The average Bonchev–Trinajstić information content (AvgIpc) is 3.45. The minimum atomic E-state index is -3.76. The van der Waals surface area contributed by atoms with Crippen molar-refractivity contribution in [1.29, 1.82) is 0 Å². The number of furan rings is 1. The molecule has 0 saturated heterocycles. The van der Waals surface area contributed by atoms with Crippen LogP contribution in [0.25, 0.3) is 17.3 Å². The summed E-state index contributed by atoms with van der Waals surface area (Å²) in [5.74, 6) is 1.54. The summed E-state index contributed by atoms with van der Waals surface area (Å²) < 4.78 is 58.2. The number of halogens is 1. The van der Waals surface area contributed by atoms with Crippen LogP contribution in [-0.2, 0) is 22.0 Å². The zero-order valence-corrected chi connectivity index (χ0v) is 20.4. The molecule has 1 atom stereocenters. The summed E-state index contributed by atoms with van der Waals surface area (Å²) in [4.78, 5) is 7.73. The SMILES string of the molecule is COc1cccc(OC)c1-n1c(CS(=O)(=O)[C@H](C)Cc2ncc(F)cn2)nnc1-c1ccc(C)o1. The molecule has 0 bridgehead atoms. The maximum atomic E-state index is 13.3. The van der Waals surface area contributed by atoms with Gasteiger partial charge in [0.15, 0.2) is 27.2 Å². The molecule has 0 spiro atoms. The third kappa shape index (κ3) is 5.02. The fourth-order valence-corrected chi connectivity index (χ4v) is 4.80. The van der Waals surface area contributed by atoms with Crippen molar-refractivity contribution in [3.05, 3.63) is 66.0 Å². The van der Waals surface area contributed by atoms with E-state index in [9.17, 15) is 12.8 Å². The molecule has 0 N–H and O–H groups in total. The molecule has 0 unspecified atom stereocenters. The second-order valence-electron chi connectivity index (χ2n) is 7.84. The van der Waals surface area contributed by atoms with Crippen LogP contribution in [0.5, 0.6) is 11.5 Å². The van der Waals surface area contributed by atoms with Gasteiger partial charge in [-0.2, -0.15) is 0 Å². The average molecular weight is 502 g/mol. The van der Waals surface area contributed by atoms with Crippen molar-refractivity contribution >= 4 is 9.84 Å². The van der Waals surface area contributed by atoms with Crippen LogP contribution in [0.1, 0.15) is 24.3 Å². The second-order valence-corrected chi connectivity index (χ2v) is 10.3. The van der Waals surface area contributed by atoms with Crippen molar-refractivity contribution in [2.45, 2.75) is 31.3 Å². The zero-order chi connectivity index (χ0) is 25.2. The Kier molecular flexibility index (Phi) is 6.83. The first-order chi connectivity index (χ1) is 16.7. The molecule has 0 amide bonds. The molecule has 0 fully saturated rings. The number of hydrogen-bond donors (Lipinski definition) is 0. The molecule has 184 valence electrons. The Morgan fingerprint density at radius 3 is 2.29 bits per heavy atom. The van der Waals surface area contributed by atoms with Crippen LogP contribution in [-0.4, -0.2) is 52.6 Å². The second kappa shape index (κ2) is 9.82. The Morgan fingerprint density at radius 2 is 1.71 bits per heavy atom. The number of benzene rings is 1. The first kappa shape index (κ1) is 24.3. The Balaban J connectivity index is 1.79. The maximum absolute atomic E-state index is 13.3. The van der Waals surface area contributed by atoms with Gasteiger partial charge in [-0.15, -0.1) is 10.2 Å². The molecule has 0 aliphatic rings. The molecule has 10 nitrogen and oxygen atoms in total. The maximum Gasteiger partial charge on any atom is 0.204 e. The zero-order valence-electron chi connectivity index (χ0n) is 19.6. The van der Waals surface area contributed by atoms with Gasteiger partial charge in [0.1, 0.15) is 34.5 Å². The Labute approximate surface area is 201 Å². The van der Waals surface area contributed by atoms with Crippen LogP contribution >= 0.6 is 0 Å². The summed E-state index contributed by atoms with van der Waals surface area (Å²) in [6, 6.07) is 8.70. The minimum absolute atomic E-state index is 0.0129. The van der Waals surface area contributed by atoms with Crippen molar-refractivity contribution in [2.24, 2.45) is 0 Å². The molecule has 0 radical (unpaired) electrons. The number of ether oxygens (including phenoxy) is 2. The van der Waals surface area contributed by atoms with Crippen LogP contribution < -0.4 is 9.47 Å². The highest BCUT2D eigenvalue weighted by Gasteiger charge is 2.30. The van der Waals surface area contributed by atoms with E-state index >= 15 is 0 Å². The number of sulfone groups is 1. The van der Waals surface area contributed by atoms with E-state index in [1.54, 1.807) is 48.7 Å². The van der Waals surface area contributed by atoms with E-state index in [-0.39, 0.29) is 18.1 Å². The quantitative estimate of drug-likeness (QED) is 0.340. The van der Waals surface area contributed by atoms with Crippen molar-refractivity contribution in [1.82, 2.24) is 24.7 Å². The number of hydrogen-bond acceptors (Lipinski definition) is 9. The van der Waals surface area contributed by atoms with Crippen molar-refractivity contribution in [2.75, 3.05) is 14.2 Å². The fourth-order valence-electron chi connectivity index (χ4n) is 3.56. The molecule has 3 aromatic heterocycles. The third-order valence-corrected chi connectivity index (χ3v) is 7.46. The molecular weight excluding hydrogens is 477 g/mol. The monoisotopic (exact) mass is 501 g/mol. The molecule has 0 saturated carbocycles. The van der Waals surface area contributed by atoms with Gasteiger partial charge in [-0.3, -0.25) is 4.57 Å². The first-order valence-corrected chi connectivity index (χ1v) is 12.4. The van der Waals surface area contributed by atoms with Crippen LogP contribution in [0.3, 0.4) is 0 Å². The number of methoxy groups -OCH3 is 2. The number of para-hydroxylation sites is 1. The molecule has 3 heterocycles. The topological polar surface area (TPSA) is 122 Å². The third-order valence-electron chi connectivity index (χ3n) is 5.40. The standard InChI is InChI=1S/C23H24FN5O5S/c1-14-8-9-19(34-14)23-28-27-21(29(23)22-17(32-3)6-5-7-18(22)33-4)13-35(30,31)15(2)10-20-25-11-16(24)12-26-20/h5-9,11-12,15H,10,13H2,1-4H3/t15-/m1/s1. The molecule has 4 aromatic rings. The van der Waals surface area contributed by atoms with Gasteiger partial charge in [-0.05, 0) is 38.1 Å². The predicted molar refractivity (Wildman–Crippen MR) is 125 cm³/mol. The van der Waals surface area contributed by atoms with Crippen LogP contribution in [0.15, 0.2) is 47.1 Å². The van der Waals surface area contributed by atoms with Gasteiger partial charge in [-0.1, -0.05) is 6.07 Å². The highest BCUT2D eigenvalue weighted by atomic mass is 32.2. The van der Waals surface area contributed by atoms with Gasteiger partial charge in [-0.25, -0.2) is 22.8 Å². The molecule has 1 aromatic carbocycles. The highest BCUT2D eigenvalue weighted by Crippen LogP contribution is 2.37. The van der Waals surface area contributed by atoms with E-state index in [1.165, 1.54) is 14.2 Å². The van der Waals surface area contributed by atoms with Crippen molar-refractivity contribution in [3.8, 4) is 28.8 Å². The summed E-state index contributed by atoms with van der Waals surface area (Å²) in [6.45, 7) is 3.34. The van der Waals surface area contributed by atoms with Crippen LogP contribution in [0, 0.1) is 12.7 Å². The van der Waals surface area contributed by atoms with Gasteiger partial charge >= 0.3 is 0 Å². The first-order valence-electron chi connectivity index (χ1n) is 10.6. The van der Waals surface area contributed by atoms with E-state index in [2.05, 4.69) is 20.2 Å². The van der Waals surface area contributed by atoms with Gasteiger partial charge in [0.25, 0.3) is 0 Å². The molecule has 4 rings (SSSR count). The van der Waals surface area contributed by atoms with Gasteiger partial charge < -0.3 is 13.9 Å². The van der Waals surface area contributed by atoms with Crippen LogP contribution in [0.2, 0.25) is 0 Å². The summed E-state index contributed by atoms with van der Waals surface area (Å²) >= 11 is 0. The lowest BCUT2D eigenvalue weighted by Crippen LogP contribution is -2.24.